The van der Waals surface area contributed by atoms with Crippen LogP contribution in [0.25, 0.3) is 10.9 Å². The van der Waals surface area contributed by atoms with Gasteiger partial charge in [0.2, 0.25) is 0 Å². The number of benzene rings is 1. The number of aromatic nitrogens is 1. The third kappa shape index (κ3) is 3.82. The third-order valence-corrected chi connectivity index (χ3v) is 3.25. The first-order valence-electron chi connectivity index (χ1n) is 6.66. The summed E-state index contributed by atoms with van der Waals surface area (Å²) in [4.78, 5) is 4.41. The number of ether oxygens (including phenoxy) is 2. The van der Waals surface area contributed by atoms with Crippen molar-refractivity contribution in [3.8, 4) is 5.75 Å². The van der Waals surface area contributed by atoms with Crippen molar-refractivity contribution in [2.75, 3.05) is 26.9 Å². The van der Waals surface area contributed by atoms with E-state index in [-0.39, 0.29) is 0 Å². The van der Waals surface area contributed by atoms with Crippen molar-refractivity contribution < 1.29 is 9.47 Å². The van der Waals surface area contributed by atoms with Crippen LogP contribution in [0.1, 0.15) is 12.5 Å². The van der Waals surface area contributed by atoms with Gasteiger partial charge in [-0.25, -0.2) is 4.98 Å². The molecule has 4 nitrogen and oxygen atoms in total. The van der Waals surface area contributed by atoms with Crippen LogP contribution in [-0.2, 0) is 11.3 Å². The molecule has 2 rings (SSSR count). The number of methoxy groups -OCH3 is 1. The average molecular weight is 295 g/mol. The predicted molar refractivity (Wildman–Crippen MR) is 81.5 cm³/mol. The molecule has 0 saturated heterocycles. The summed E-state index contributed by atoms with van der Waals surface area (Å²) in [6.45, 7) is 4.74. The molecule has 5 heteroatoms. The lowest BCUT2D eigenvalue weighted by molar-refractivity contribution is 0.199. The van der Waals surface area contributed by atoms with Crippen LogP contribution in [0.5, 0.6) is 5.75 Å². The summed E-state index contributed by atoms with van der Waals surface area (Å²) in [5.41, 5.74) is 1.85. The topological polar surface area (TPSA) is 43.4 Å². The number of halogens is 1. The van der Waals surface area contributed by atoms with Crippen molar-refractivity contribution in [2.24, 2.45) is 0 Å². The molecule has 1 heterocycles. The molecule has 0 aliphatic rings. The number of nitrogens with zero attached hydrogens (tertiary/aromatic N) is 1. The molecule has 0 spiro atoms. The Bertz CT molecular complexity index is 575. The van der Waals surface area contributed by atoms with Gasteiger partial charge in [0.1, 0.15) is 10.9 Å². The summed E-state index contributed by atoms with van der Waals surface area (Å²) in [6.07, 6.45) is 0. The van der Waals surface area contributed by atoms with Gasteiger partial charge in [-0.1, -0.05) is 11.6 Å². The van der Waals surface area contributed by atoms with Crippen LogP contribution in [-0.4, -0.2) is 31.9 Å². The summed E-state index contributed by atoms with van der Waals surface area (Å²) in [6, 6.07) is 7.87. The molecule has 0 saturated carbocycles. The van der Waals surface area contributed by atoms with Crippen molar-refractivity contribution in [3.05, 3.63) is 35.0 Å². The second kappa shape index (κ2) is 7.43. The highest BCUT2D eigenvalue weighted by atomic mass is 35.5. The van der Waals surface area contributed by atoms with Crippen molar-refractivity contribution in [1.29, 1.82) is 0 Å². The lowest BCUT2D eigenvalue weighted by Gasteiger charge is -2.09. The van der Waals surface area contributed by atoms with Crippen LogP contribution in [0.4, 0.5) is 0 Å². The first-order valence-corrected chi connectivity index (χ1v) is 7.04. The Hall–Kier alpha value is -1.36. The molecule has 0 unspecified atom stereocenters. The van der Waals surface area contributed by atoms with Gasteiger partial charge in [-0.2, -0.15) is 0 Å². The summed E-state index contributed by atoms with van der Waals surface area (Å²) >= 11 is 6.20. The molecule has 1 aromatic heterocycles. The van der Waals surface area contributed by atoms with Crippen molar-refractivity contribution >= 4 is 22.5 Å². The first kappa shape index (κ1) is 15.0. The van der Waals surface area contributed by atoms with Crippen LogP contribution in [0.2, 0.25) is 5.15 Å². The molecule has 0 fully saturated rings. The Labute approximate surface area is 124 Å². The van der Waals surface area contributed by atoms with Gasteiger partial charge in [-0.05, 0) is 31.2 Å². The Morgan fingerprint density at radius 1 is 1.30 bits per heavy atom. The van der Waals surface area contributed by atoms with E-state index >= 15 is 0 Å². The second-order valence-electron chi connectivity index (χ2n) is 4.40. The number of pyridine rings is 1. The maximum Gasteiger partial charge on any atom is 0.134 e. The van der Waals surface area contributed by atoms with E-state index < -0.39 is 0 Å². The molecule has 108 valence electrons. The predicted octanol–water partition coefficient (Wildman–Crippen LogP) is 3.02. The Morgan fingerprint density at radius 2 is 2.15 bits per heavy atom. The van der Waals surface area contributed by atoms with Crippen molar-refractivity contribution in [2.45, 2.75) is 13.5 Å². The highest BCUT2D eigenvalue weighted by Crippen LogP contribution is 2.24. The van der Waals surface area contributed by atoms with Gasteiger partial charge >= 0.3 is 0 Å². The minimum Gasteiger partial charge on any atom is -0.494 e. The molecule has 0 aliphatic heterocycles. The van der Waals surface area contributed by atoms with Crippen LogP contribution < -0.4 is 10.1 Å². The summed E-state index contributed by atoms with van der Waals surface area (Å²) < 4.78 is 10.5. The molecule has 1 N–H and O–H groups in total. The smallest absolute Gasteiger partial charge is 0.134 e. The largest absolute Gasteiger partial charge is 0.494 e. The molecule has 2 aromatic rings. The highest BCUT2D eigenvalue weighted by molar-refractivity contribution is 6.30. The van der Waals surface area contributed by atoms with Crippen LogP contribution in [0.3, 0.4) is 0 Å². The van der Waals surface area contributed by atoms with Gasteiger partial charge < -0.3 is 14.8 Å². The van der Waals surface area contributed by atoms with E-state index in [1.807, 2.05) is 31.2 Å². The lowest BCUT2D eigenvalue weighted by Crippen LogP contribution is -2.18. The molecule has 0 atom stereocenters. The van der Waals surface area contributed by atoms with E-state index in [9.17, 15) is 0 Å². The van der Waals surface area contributed by atoms with Gasteiger partial charge in [-0.3, -0.25) is 0 Å². The zero-order valence-corrected chi connectivity index (χ0v) is 12.5. The molecular formula is C15H19ClN2O2. The molecule has 1 aromatic carbocycles. The molecule has 0 radical (unpaired) electrons. The fourth-order valence-electron chi connectivity index (χ4n) is 1.95. The van der Waals surface area contributed by atoms with Gasteiger partial charge in [0, 0.05) is 31.1 Å². The monoisotopic (exact) mass is 294 g/mol. The van der Waals surface area contributed by atoms with Crippen molar-refractivity contribution in [3.63, 3.8) is 0 Å². The fraction of sp³-hybridized carbons (Fsp3) is 0.400. The van der Waals surface area contributed by atoms with E-state index in [1.54, 1.807) is 7.11 Å². The maximum absolute atomic E-state index is 6.20. The van der Waals surface area contributed by atoms with E-state index in [2.05, 4.69) is 10.3 Å². The van der Waals surface area contributed by atoms with E-state index in [0.717, 1.165) is 28.8 Å². The highest BCUT2D eigenvalue weighted by Gasteiger charge is 2.06. The minimum atomic E-state index is 0.534. The van der Waals surface area contributed by atoms with Crippen LogP contribution in [0.15, 0.2) is 24.3 Å². The Kier molecular flexibility index (Phi) is 5.59. The van der Waals surface area contributed by atoms with Crippen LogP contribution >= 0.6 is 11.6 Å². The Morgan fingerprint density at radius 3 is 2.90 bits per heavy atom. The number of hydrogen-bond donors (Lipinski definition) is 1. The number of fused-ring (bicyclic) bond motifs is 1. The molecule has 0 aliphatic carbocycles. The minimum absolute atomic E-state index is 0.534. The summed E-state index contributed by atoms with van der Waals surface area (Å²) in [5.74, 6) is 0.849. The van der Waals surface area contributed by atoms with Gasteiger partial charge in [-0.15, -0.1) is 0 Å². The SMILES string of the molecule is CCOc1ccc2nc(Cl)c(CNCCOC)cc2c1. The molecule has 0 bridgehead atoms. The zero-order valence-electron chi connectivity index (χ0n) is 11.8. The average Bonchev–Trinajstić information content (AvgIpc) is 2.44. The molecule has 20 heavy (non-hydrogen) atoms. The molecule has 0 amide bonds. The lowest BCUT2D eigenvalue weighted by atomic mass is 10.1. The number of nitrogens with one attached hydrogen (secondary N) is 1. The van der Waals surface area contributed by atoms with E-state index in [4.69, 9.17) is 21.1 Å². The zero-order chi connectivity index (χ0) is 14.4. The van der Waals surface area contributed by atoms with Gasteiger partial charge in [0.15, 0.2) is 0 Å². The fourth-order valence-corrected chi connectivity index (χ4v) is 2.16. The van der Waals surface area contributed by atoms with Crippen LogP contribution in [0, 0.1) is 0 Å². The Balaban J connectivity index is 2.19. The van der Waals surface area contributed by atoms with E-state index in [0.29, 0.717) is 24.9 Å². The maximum atomic E-state index is 6.20. The standard InChI is InChI=1S/C15H19ClN2O2/c1-3-20-13-4-5-14-11(9-13)8-12(15(16)18-14)10-17-6-7-19-2/h4-5,8-9,17H,3,6-7,10H2,1-2H3. The number of hydrogen-bond acceptors (Lipinski definition) is 4. The third-order valence-electron chi connectivity index (χ3n) is 2.92. The normalized spacial score (nSPS) is 10.9. The molecular weight excluding hydrogens is 276 g/mol. The quantitative estimate of drug-likeness (QED) is 0.630. The van der Waals surface area contributed by atoms with Gasteiger partial charge in [0.25, 0.3) is 0 Å². The summed E-state index contributed by atoms with van der Waals surface area (Å²) in [5, 5.41) is 4.83. The summed E-state index contributed by atoms with van der Waals surface area (Å²) in [7, 11) is 1.68. The van der Waals surface area contributed by atoms with E-state index in [1.165, 1.54) is 0 Å². The number of rotatable bonds is 7. The first-order chi connectivity index (χ1) is 9.74. The van der Waals surface area contributed by atoms with Gasteiger partial charge in [0.05, 0.1) is 18.7 Å². The second-order valence-corrected chi connectivity index (χ2v) is 4.75. The van der Waals surface area contributed by atoms with Crippen molar-refractivity contribution in [1.82, 2.24) is 10.3 Å².